The van der Waals surface area contributed by atoms with Crippen LogP contribution in [0.2, 0.25) is 0 Å². The summed E-state index contributed by atoms with van der Waals surface area (Å²) in [4.78, 5) is 22.9. The Balaban J connectivity index is 0.00000288. The Morgan fingerprint density at radius 1 is 1.00 bits per heavy atom. The Labute approximate surface area is 165 Å². The molecule has 2 unspecified atom stereocenters. The minimum Gasteiger partial charge on any atom is -0.481 e. The first kappa shape index (κ1) is 20.7. The molecule has 125 valence electrons. The maximum atomic E-state index is 11.6. The van der Waals surface area contributed by atoms with Crippen LogP contribution in [0.5, 0.6) is 0 Å². The van der Waals surface area contributed by atoms with Crippen molar-refractivity contribution in [2.45, 2.75) is 32.5 Å². The Kier molecular flexibility index (Phi) is 8.00. The molecule has 2 N–H and O–H groups in total. The van der Waals surface area contributed by atoms with E-state index in [4.69, 9.17) is 4.74 Å². The van der Waals surface area contributed by atoms with Crippen LogP contribution in [-0.2, 0) is 53.5 Å². The van der Waals surface area contributed by atoms with Gasteiger partial charge in [0.05, 0.1) is 12.0 Å². The number of ether oxygens (including phenoxy) is 1. The number of hydrogen-bond donors (Lipinski definition) is 2. The number of carbonyl (C=O) groups is 2. The van der Waals surface area contributed by atoms with Crippen molar-refractivity contribution in [1.82, 2.24) is 0 Å². The van der Waals surface area contributed by atoms with Crippen LogP contribution in [0.1, 0.15) is 19.4 Å². The largest absolute Gasteiger partial charge is 0.481 e. The standard InChI is InChI=1S/C18H20O5.Y/c1-11(2)23-16(18(21)22)15(17(19)20)10-12-7-8-13-5-3-4-6-14(13)9-12;/h3-9,11,15-16H,10H2,1-2H3,(H,19,20)(H,21,22);. The van der Waals surface area contributed by atoms with Crippen LogP contribution in [-0.4, -0.2) is 34.4 Å². The normalized spacial score (nSPS) is 13.3. The van der Waals surface area contributed by atoms with Gasteiger partial charge < -0.3 is 14.9 Å². The number of carboxylic acid groups (broad SMARTS) is 2. The molecule has 0 fully saturated rings. The molecule has 0 spiro atoms. The molecule has 0 amide bonds. The molecular weight excluding hydrogens is 385 g/mol. The first-order valence-electron chi connectivity index (χ1n) is 7.47. The van der Waals surface area contributed by atoms with E-state index in [1.807, 2.05) is 42.5 Å². The van der Waals surface area contributed by atoms with Crippen molar-refractivity contribution in [3.63, 3.8) is 0 Å². The summed E-state index contributed by atoms with van der Waals surface area (Å²) in [6, 6.07) is 13.4. The molecule has 6 heteroatoms. The predicted octanol–water partition coefficient (Wildman–Crippen LogP) is 2.96. The average molecular weight is 405 g/mol. The van der Waals surface area contributed by atoms with E-state index in [0.717, 1.165) is 16.3 Å². The molecule has 0 heterocycles. The van der Waals surface area contributed by atoms with Crippen LogP contribution < -0.4 is 0 Å². The van der Waals surface area contributed by atoms with Gasteiger partial charge in [0.1, 0.15) is 0 Å². The van der Waals surface area contributed by atoms with Gasteiger partial charge in [-0.3, -0.25) is 4.79 Å². The summed E-state index contributed by atoms with van der Waals surface area (Å²) in [5.74, 6) is -3.57. The zero-order valence-corrected chi connectivity index (χ0v) is 16.5. The van der Waals surface area contributed by atoms with Crippen molar-refractivity contribution in [3.05, 3.63) is 48.0 Å². The van der Waals surface area contributed by atoms with Crippen molar-refractivity contribution in [2.24, 2.45) is 5.92 Å². The summed E-state index contributed by atoms with van der Waals surface area (Å²) in [5, 5.41) is 20.8. The second kappa shape index (κ2) is 9.26. The quantitative estimate of drug-likeness (QED) is 0.740. The number of rotatable bonds is 7. The SMILES string of the molecule is CC(C)OC(C(=O)O)C(Cc1ccc2ccccc2c1)C(=O)O.[Y]. The van der Waals surface area contributed by atoms with E-state index in [1.54, 1.807) is 13.8 Å². The van der Waals surface area contributed by atoms with Crippen LogP contribution in [0.3, 0.4) is 0 Å². The summed E-state index contributed by atoms with van der Waals surface area (Å²) >= 11 is 0. The van der Waals surface area contributed by atoms with Gasteiger partial charge in [0.2, 0.25) is 0 Å². The molecule has 5 nitrogen and oxygen atoms in total. The maximum Gasteiger partial charge on any atom is 0.333 e. The molecule has 0 bridgehead atoms. The Bertz CT molecular complexity index is 713. The minimum absolute atomic E-state index is 0. The summed E-state index contributed by atoms with van der Waals surface area (Å²) in [5.41, 5.74) is 0.773. The molecule has 24 heavy (non-hydrogen) atoms. The molecule has 2 aromatic carbocycles. The van der Waals surface area contributed by atoms with Crippen LogP contribution in [0.4, 0.5) is 0 Å². The van der Waals surface area contributed by atoms with E-state index in [0.29, 0.717) is 0 Å². The second-order valence-electron chi connectivity index (χ2n) is 5.77. The molecule has 0 saturated heterocycles. The fourth-order valence-electron chi connectivity index (χ4n) is 2.56. The van der Waals surface area contributed by atoms with E-state index in [2.05, 4.69) is 0 Å². The van der Waals surface area contributed by atoms with Gasteiger partial charge in [-0.1, -0.05) is 42.5 Å². The summed E-state index contributed by atoms with van der Waals surface area (Å²) in [6.45, 7) is 3.37. The molecule has 0 aromatic heterocycles. The average Bonchev–Trinajstić information content (AvgIpc) is 2.49. The zero-order chi connectivity index (χ0) is 17.0. The monoisotopic (exact) mass is 405 g/mol. The Morgan fingerprint density at radius 3 is 2.17 bits per heavy atom. The van der Waals surface area contributed by atoms with Crippen molar-refractivity contribution in [3.8, 4) is 0 Å². The molecular formula is C18H20O5Y. The number of hydrogen-bond acceptors (Lipinski definition) is 3. The third-order valence-electron chi connectivity index (χ3n) is 3.61. The molecule has 1 radical (unpaired) electrons. The fraction of sp³-hybridized carbons (Fsp3) is 0.333. The predicted molar refractivity (Wildman–Crippen MR) is 86.4 cm³/mol. The smallest absolute Gasteiger partial charge is 0.333 e. The van der Waals surface area contributed by atoms with Crippen molar-refractivity contribution >= 4 is 22.7 Å². The molecule has 0 saturated carbocycles. The van der Waals surface area contributed by atoms with Crippen LogP contribution in [0.25, 0.3) is 10.8 Å². The second-order valence-corrected chi connectivity index (χ2v) is 5.77. The zero-order valence-electron chi connectivity index (χ0n) is 13.7. The third kappa shape index (κ3) is 5.37. The van der Waals surface area contributed by atoms with Gasteiger partial charge in [0, 0.05) is 32.7 Å². The van der Waals surface area contributed by atoms with Gasteiger partial charge in [-0.05, 0) is 36.6 Å². The molecule has 0 aliphatic heterocycles. The Morgan fingerprint density at radius 2 is 1.62 bits per heavy atom. The van der Waals surface area contributed by atoms with Gasteiger partial charge in [0.25, 0.3) is 0 Å². The summed E-state index contributed by atoms with van der Waals surface area (Å²) in [6.07, 6.45) is -1.64. The fourth-order valence-corrected chi connectivity index (χ4v) is 2.56. The van der Waals surface area contributed by atoms with Crippen molar-refractivity contribution in [2.75, 3.05) is 0 Å². The molecule has 0 aliphatic carbocycles. The molecule has 2 aromatic rings. The van der Waals surface area contributed by atoms with Crippen LogP contribution in [0.15, 0.2) is 42.5 Å². The van der Waals surface area contributed by atoms with Crippen molar-refractivity contribution < 1.29 is 57.2 Å². The van der Waals surface area contributed by atoms with Gasteiger partial charge >= 0.3 is 11.9 Å². The first-order chi connectivity index (χ1) is 10.9. The minimum atomic E-state index is -1.38. The number of fused-ring (bicyclic) bond motifs is 1. The van der Waals surface area contributed by atoms with E-state index in [-0.39, 0.29) is 45.2 Å². The van der Waals surface area contributed by atoms with E-state index >= 15 is 0 Å². The van der Waals surface area contributed by atoms with Gasteiger partial charge in [-0.15, -0.1) is 0 Å². The Hall–Kier alpha value is -1.30. The van der Waals surface area contributed by atoms with E-state index in [9.17, 15) is 19.8 Å². The summed E-state index contributed by atoms with van der Waals surface area (Å²) < 4.78 is 5.31. The summed E-state index contributed by atoms with van der Waals surface area (Å²) in [7, 11) is 0. The van der Waals surface area contributed by atoms with Crippen LogP contribution >= 0.6 is 0 Å². The van der Waals surface area contributed by atoms with Crippen molar-refractivity contribution in [1.29, 1.82) is 0 Å². The number of carboxylic acids is 2. The van der Waals surface area contributed by atoms with E-state index < -0.39 is 24.0 Å². The number of aliphatic carboxylic acids is 2. The molecule has 0 aliphatic rings. The topological polar surface area (TPSA) is 83.8 Å². The molecule has 2 rings (SSSR count). The molecule has 2 atom stereocenters. The third-order valence-corrected chi connectivity index (χ3v) is 3.61. The van der Waals surface area contributed by atoms with Gasteiger partial charge in [-0.2, -0.15) is 0 Å². The number of benzene rings is 2. The van der Waals surface area contributed by atoms with Gasteiger partial charge in [-0.25, -0.2) is 4.79 Å². The van der Waals surface area contributed by atoms with E-state index in [1.165, 1.54) is 0 Å². The van der Waals surface area contributed by atoms with Crippen LogP contribution in [0, 0.1) is 5.92 Å². The maximum absolute atomic E-state index is 11.6. The first-order valence-corrected chi connectivity index (χ1v) is 7.47. The van der Waals surface area contributed by atoms with Gasteiger partial charge in [0.15, 0.2) is 6.10 Å².